The molecular formula is C12H13N5O4. The minimum absolute atomic E-state index is 0.0245. The van der Waals surface area contributed by atoms with Crippen LogP contribution in [-0.2, 0) is 0 Å². The molecule has 2 N–H and O–H groups in total. The smallest absolute Gasteiger partial charge is 0.339 e. The van der Waals surface area contributed by atoms with Crippen molar-refractivity contribution in [1.82, 2.24) is 14.8 Å². The van der Waals surface area contributed by atoms with Gasteiger partial charge in [0.25, 0.3) is 5.69 Å². The SMILES string of the molecule is CC(C)n1cc(Nc2ncc([N+](=O)[O-])cc2C(=O)O)cn1. The lowest BCUT2D eigenvalue weighted by Gasteiger charge is -2.06. The van der Waals surface area contributed by atoms with E-state index < -0.39 is 10.9 Å². The Hall–Kier alpha value is -2.97. The molecule has 21 heavy (non-hydrogen) atoms. The number of aromatic carboxylic acids is 1. The van der Waals surface area contributed by atoms with Crippen molar-refractivity contribution in [2.24, 2.45) is 0 Å². The van der Waals surface area contributed by atoms with Crippen molar-refractivity contribution < 1.29 is 14.8 Å². The van der Waals surface area contributed by atoms with Gasteiger partial charge in [-0.25, -0.2) is 9.78 Å². The Kier molecular flexibility index (Phi) is 3.83. The van der Waals surface area contributed by atoms with E-state index in [0.29, 0.717) is 5.69 Å². The molecule has 2 aromatic rings. The molecule has 110 valence electrons. The number of hydrogen-bond donors (Lipinski definition) is 2. The van der Waals surface area contributed by atoms with Crippen molar-refractivity contribution >= 4 is 23.2 Å². The molecule has 0 unspecified atom stereocenters. The largest absolute Gasteiger partial charge is 0.478 e. The van der Waals surface area contributed by atoms with Crippen LogP contribution in [0, 0.1) is 10.1 Å². The Morgan fingerprint density at radius 1 is 1.48 bits per heavy atom. The van der Waals surface area contributed by atoms with Crippen LogP contribution < -0.4 is 5.32 Å². The zero-order valence-electron chi connectivity index (χ0n) is 11.3. The zero-order valence-corrected chi connectivity index (χ0v) is 11.3. The van der Waals surface area contributed by atoms with Gasteiger partial charge in [-0.1, -0.05) is 0 Å². The lowest BCUT2D eigenvalue weighted by Crippen LogP contribution is -2.06. The van der Waals surface area contributed by atoms with Gasteiger partial charge >= 0.3 is 5.97 Å². The topological polar surface area (TPSA) is 123 Å². The Morgan fingerprint density at radius 2 is 2.19 bits per heavy atom. The van der Waals surface area contributed by atoms with E-state index >= 15 is 0 Å². The molecule has 9 heteroatoms. The minimum atomic E-state index is -1.30. The molecule has 0 amide bonds. The first-order valence-electron chi connectivity index (χ1n) is 6.07. The molecule has 9 nitrogen and oxygen atoms in total. The maximum atomic E-state index is 11.2. The molecule has 0 aliphatic heterocycles. The lowest BCUT2D eigenvalue weighted by atomic mass is 10.2. The number of carboxylic acids is 1. The highest BCUT2D eigenvalue weighted by Crippen LogP contribution is 2.23. The highest BCUT2D eigenvalue weighted by atomic mass is 16.6. The van der Waals surface area contributed by atoms with Crippen molar-refractivity contribution in [2.75, 3.05) is 5.32 Å². The van der Waals surface area contributed by atoms with E-state index in [9.17, 15) is 14.9 Å². The van der Waals surface area contributed by atoms with Crippen LogP contribution in [0.5, 0.6) is 0 Å². The summed E-state index contributed by atoms with van der Waals surface area (Å²) in [6, 6.07) is 1.12. The van der Waals surface area contributed by atoms with Gasteiger partial charge in [0.05, 0.1) is 16.8 Å². The summed E-state index contributed by atoms with van der Waals surface area (Å²) < 4.78 is 1.69. The van der Waals surface area contributed by atoms with Crippen LogP contribution in [0.3, 0.4) is 0 Å². The third kappa shape index (κ3) is 3.14. The number of nitrogens with one attached hydrogen (secondary N) is 1. The molecule has 0 aliphatic carbocycles. The van der Waals surface area contributed by atoms with Crippen molar-refractivity contribution in [2.45, 2.75) is 19.9 Å². The summed E-state index contributed by atoms with van der Waals surface area (Å²) in [5.74, 6) is -1.28. The van der Waals surface area contributed by atoms with Gasteiger partial charge in [0, 0.05) is 18.3 Å². The molecule has 0 saturated heterocycles. The van der Waals surface area contributed by atoms with E-state index in [2.05, 4.69) is 15.4 Å². The minimum Gasteiger partial charge on any atom is -0.478 e. The predicted molar refractivity (Wildman–Crippen MR) is 73.7 cm³/mol. The van der Waals surface area contributed by atoms with Gasteiger partial charge in [0.2, 0.25) is 0 Å². The van der Waals surface area contributed by atoms with Crippen LogP contribution in [0.25, 0.3) is 0 Å². The van der Waals surface area contributed by atoms with Gasteiger partial charge in [-0.05, 0) is 13.8 Å². The van der Waals surface area contributed by atoms with E-state index in [4.69, 9.17) is 5.11 Å². The van der Waals surface area contributed by atoms with Gasteiger partial charge in [-0.3, -0.25) is 14.8 Å². The van der Waals surface area contributed by atoms with Crippen LogP contribution in [0.2, 0.25) is 0 Å². The second-order valence-electron chi connectivity index (χ2n) is 4.58. The normalized spacial score (nSPS) is 10.6. The number of aromatic nitrogens is 3. The number of pyridine rings is 1. The first kappa shape index (κ1) is 14.4. The van der Waals surface area contributed by atoms with E-state index in [0.717, 1.165) is 12.3 Å². The first-order chi connectivity index (χ1) is 9.88. The summed E-state index contributed by atoms with van der Waals surface area (Å²) in [5.41, 5.74) is -0.107. The molecule has 0 saturated carbocycles. The Bertz CT molecular complexity index is 695. The number of anilines is 2. The fraction of sp³-hybridized carbons (Fsp3) is 0.250. The summed E-state index contributed by atoms with van der Waals surface area (Å²) in [7, 11) is 0. The fourth-order valence-electron chi connectivity index (χ4n) is 1.64. The van der Waals surface area contributed by atoms with Crippen molar-refractivity contribution in [3.8, 4) is 0 Å². The van der Waals surface area contributed by atoms with Crippen LogP contribution in [0.4, 0.5) is 17.2 Å². The number of nitrogens with zero attached hydrogens (tertiary/aromatic N) is 4. The van der Waals surface area contributed by atoms with Crippen LogP contribution in [-0.4, -0.2) is 30.8 Å². The summed E-state index contributed by atoms with van der Waals surface area (Å²) in [6.07, 6.45) is 4.22. The quantitative estimate of drug-likeness (QED) is 0.639. The maximum Gasteiger partial charge on any atom is 0.339 e. The highest BCUT2D eigenvalue weighted by molar-refractivity contribution is 5.94. The Balaban J connectivity index is 2.34. The molecule has 0 atom stereocenters. The molecule has 0 fully saturated rings. The lowest BCUT2D eigenvalue weighted by molar-refractivity contribution is -0.385. The Labute approximate surface area is 119 Å². The number of carboxylic acid groups (broad SMARTS) is 1. The van der Waals surface area contributed by atoms with Crippen LogP contribution in [0.1, 0.15) is 30.2 Å². The van der Waals surface area contributed by atoms with Gasteiger partial charge < -0.3 is 10.4 Å². The molecule has 2 aromatic heterocycles. The summed E-state index contributed by atoms with van der Waals surface area (Å²) in [4.78, 5) is 24.9. The van der Waals surface area contributed by atoms with Gasteiger partial charge in [-0.2, -0.15) is 5.10 Å². The number of carbonyl (C=O) groups is 1. The molecule has 0 aliphatic rings. The van der Waals surface area contributed by atoms with Crippen LogP contribution >= 0.6 is 0 Å². The molecule has 0 radical (unpaired) electrons. The van der Waals surface area contributed by atoms with Crippen LogP contribution in [0.15, 0.2) is 24.7 Å². The summed E-state index contributed by atoms with van der Waals surface area (Å²) in [5, 5.41) is 26.7. The average molecular weight is 291 g/mol. The highest BCUT2D eigenvalue weighted by Gasteiger charge is 2.18. The van der Waals surface area contributed by atoms with Crippen molar-refractivity contribution in [3.63, 3.8) is 0 Å². The fourth-order valence-corrected chi connectivity index (χ4v) is 1.64. The zero-order chi connectivity index (χ0) is 15.6. The Morgan fingerprint density at radius 3 is 2.71 bits per heavy atom. The van der Waals surface area contributed by atoms with E-state index in [-0.39, 0.29) is 23.1 Å². The third-order valence-corrected chi connectivity index (χ3v) is 2.71. The number of nitro groups is 1. The first-order valence-corrected chi connectivity index (χ1v) is 6.07. The van der Waals surface area contributed by atoms with Crippen molar-refractivity contribution in [3.05, 3.63) is 40.3 Å². The van der Waals surface area contributed by atoms with Gasteiger partial charge in [-0.15, -0.1) is 0 Å². The molecule has 0 aromatic carbocycles. The van der Waals surface area contributed by atoms with E-state index in [1.54, 1.807) is 10.9 Å². The standard InChI is InChI=1S/C12H13N5O4/c1-7(2)16-6-8(4-14-16)15-11-10(12(18)19)3-9(5-13-11)17(20)21/h3-7H,1-2H3,(H,13,15)(H,18,19). The average Bonchev–Trinajstić information content (AvgIpc) is 2.87. The predicted octanol–water partition coefficient (Wildman–Crippen LogP) is 2.21. The van der Waals surface area contributed by atoms with E-state index in [1.807, 2.05) is 13.8 Å². The number of rotatable bonds is 5. The third-order valence-electron chi connectivity index (χ3n) is 2.71. The summed E-state index contributed by atoms with van der Waals surface area (Å²) >= 11 is 0. The monoisotopic (exact) mass is 291 g/mol. The molecule has 0 spiro atoms. The van der Waals surface area contributed by atoms with Gasteiger partial charge in [0.15, 0.2) is 0 Å². The molecule has 2 rings (SSSR count). The second-order valence-corrected chi connectivity index (χ2v) is 4.58. The molecule has 0 bridgehead atoms. The summed E-state index contributed by atoms with van der Waals surface area (Å²) in [6.45, 7) is 3.90. The van der Waals surface area contributed by atoms with Crippen molar-refractivity contribution in [1.29, 1.82) is 0 Å². The number of hydrogen-bond acceptors (Lipinski definition) is 6. The molecular weight excluding hydrogens is 278 g/mol. The second kappa shape index (κ2) is 5.57. The molecule has 2 heterocycles. The van der Waals surface area contributed by atoms with E-state index in [1.165, 1.54) is 6.20 Å². The maximum absolute atomic E-state index is 11.2. The van der Waals surface area contributed by atoms with Gasteiger partial charge in [0.1, 0.15) is 17.6 Å².